The summed E-state index contributed by atoms with van der Waals surface area (Å²) in [6, 6.07) is 12.9. The van der Waals surface area contributed by atoms with Crippen LogP contribution < -0.4 is 0 Å². The Hall–Kier alpha value is -2.88. The summed E-state index contributed by atoms with van der Waals surface area (Å²) in [6.45, 7) is 15.0. The fourth-order valence-electron chi connectivity index (χ4n) is 4.82. The summed E-state index contributed by atoms with van der Waals surface area (Å²) in [5, 5.41) is 0. The van der Waals surface area contributed by atoms with Crippen molar-refractivity contribution in [3.05, 3.63) is 59.7 Å². The Morgan fingerprint density at radius 3 is 1.14 bits per heavy atom. The minimum absolute atomic E-state index is 0.0518. The summed E-state index contributed by atoms with van der Waals surface area (Å²) in [4.78, 5) is 24.0. The summed E-state index contributed by atoms with van der Waals surface area (Å²) in [5.41, 5.74) is 0.987. The minimum atomic E-state index is -3.76. The van der Waals surface area contributed by atoms with Crippen LogP contribution in [0.2, 0.25) is 0 Å². The second-order valence-electron chi connectivity index (χ2n) is 14.6. The van der Waals surface area contributed by atoms with Crippen molar-refractivity contribution in [1.82, 2.24) is 0 Å². The number of esters is 2. The van der Waals surface area contributed by atoms with Gasteiger partial charge in [-0.2, -0.15) is 16.8 Å². The first-order chi connectivity index (χ1) is 23.1. The molecule has 0 bridgehead atoms. The van der Waals surface area contributed by atoms with Crippen molar-refractivity contribution >= 4 is 32.2 Å². The van der Waals surface area contributed by atoms with E-state index in [9.17, 15) is 26.4 Å². The number of benzene rings is 2. The normalized spacial score (nSPS) is 20.8. The molecule has 0 N–H and O–H groups in total. The number of carbonyl (C=O) groups excluding carboxylic acids is 2. The van der Waals surface area contributed by atoms with E-state index in [0.717, 1.165) is 11.1 Å². The van der Waals surface area contributed by atoms with Crippen LogP contribution in [-0.2, 0) is 57.1 Å². The number of hydrogen-bond acceptors (Lipinski definition) is 12. The third-order valence-corrected chi connectivity index (χ3v) is 10.3. The first-order valence-electron chi connectivity index (χ1n) is 16.7. The number of rotatable bonds is 14. The van der Waals surface area contributed by atoms with Gasteiger partial charge in [0.05, 0.1) is 60.3 Å². The monoisotopic (exact) mass is 740 g/mol. The van der Waals surface area contributed by atoms with E-state index in [2.05, 4.69) is 0 Å². The van der Waals surface area contributed by atoms with Gasteiger partial charge in [-0.3, -0.25) is 18.0 Å². The third-order valence-electron chi connectivity index (χ3n) is 7.64. The molecular weight excluding hydrogens is 689 g/mol. The second-order valence-corrected chi connectivity index (χ2v) is 17.8. The van der Waals surface area contributed by atoms with Crippen LogP contribution in [0, 0.1) is 25.7 Å². The Balaban J connectivity index is 0.000000270. The van der Waals surface area contributed by atoms with Crippen LogP contribution in [0.1, 0.15) is 78.4 Å². The molecule has 50 heavy (non-hydrogen) atoms. The molecule has 2 aromatic carbocycles. The van der Waals surface area contributed by atoms with Gasteiger partial charge in [-0.15, -0.1) is 0 Å². The van der Waals surface area contributed by atoms with E-state index in [1.807, 2.05) is 55.4 Å². The third kappa shape index (κ3) is 14.0. The maximum Gasteiger partial charge on any atom is 0.309 e. The lowest BCUT2D eigenvalue weighted by Gasteiger charge is -2.35. The van der Waals surface area contributed by atoms with Crippen molar-refractivity contribution in [3.63, 3.8) is 0 Å². The molecule has 0 atom stereocenters. The average Bonchev–Trinajstić information content (AvgIpc) is 2.93. The molecule has 2 saturated carbocycles. The maximum absolute atomic E-state index is 12.0. The fourth-order valence-corrected chi connectivity index (χ4v) is 6.61. The van der Waals surface area contributed by atoms with Crippen LogP contribution in [-0.4, -0.2) is 78.6 Å². The number of hydrogen-bond donors (Lipinski definition) is 0. The van der Waals surface area contributed by atoms with E-state index in [1.165, 1.54) is 24.3 Å². The van der Waals surface area contributed by atoms with Gasteiger partial charge in [0.25, 0.3) is 20.2 Å². The zero-order chi connectivity index (χ0) is 37.3. The molecule has 12 nitrogen and oxygen atoms in total. The van der Waals surface area contributed by atoms with Crippen molar-refractivity contribution in [2.24, 2.45) is 11.8 Å². The lowest BCUT2D eigenvalue weighted by Crippen LogP contribution is -2.40. The van der Waals surface area contributed by atoms with Gasteiger partial charge in [0.2, 0.25) is 0 Å². The molecule has 2 aliphatic rings. The molecule has 0 heterocycles. The van der Waals surface area contributed by atoms with Crippen LogP contribution in [0.25, 0.3) is 0 Å². The minimum Gasteiger partial charge on any atom is -0.460 e. The maximum atomic E-state index is 12.0. The first kappa shape index (κ1) is 41.5. The average molecular weight is 741 g/mol. The Morgan fingerprint density at radius 1 is 0.560 bits per heavy atom. The van der Waals surface area contributed by atoms with Gasteiger partial charge in [-0.25, -0.2) is 0 Å². The van der Waals surface area contributed by atoms with Crippen molar-refractivity contribution in [2.45, 2.75) is 114 Å². The zero-order valence-corrected chi connectivity index (χ0v) is 31.9. The van der Waals surface area contributed by atoms with Crippen molar-refractivity contribution < 1.29 is 53.7 Å². The summed E-state index contributed by atoms with van der Waals surface area (Å²) >= 11 is 0. The second kappa shape index (κ2) is 17.6. The van der Waals surface area contributed by atoms with E-state index >= 15 is 0 Å². The van der Waals surface area contributed by atoms with E-state index in [1.54, 1.807) is 24.3 Å². The molecule has 2 aromatic rings. The van der Waals surface area contributed by atoms with E-state index in [0.29, 0.717) is 25.7 Å². The highest BCUT2D eigenvalue weighted by molar-refractivity contribution is 7.87. The van der Waals surface area contributed by atoms with E-state index in [4.69, 9.17) is 27.3 Å². The highest BCUT2D eigenvalue weighted by Gasteiger charge is 2.39. The van der Waals surface area contributed by atoms with Crippen LogP contribution in [0.15, 0.2) is 58.3 Å². The Morgan fingerprint density at radius 2 is 0.860 bits per heavy atom. The largest absolute Gasteiger partial charge is 0.460 e. The fraction of sp³-hybridized carbons (Fsp3) is 0.611. The molecule has 0 saturated heterocycles. The number of carbonyl (C=O) groups is 2. The molecule has 0 aliphatic heterocycles. The molecule has 0 aromatic heterocycles. The SMILES string of the molecule is Cc1ccc(S(=O)(=O)OCCOC2CC(C(=O)OC(C)(C)C)C2)cc1.Cc1ccc(S(=O)(=O)OCCOC2CC(C(=O)OC(C)(C)C)C2)cc1. The number of ether oxygens (including phenoxy) is 4. The first-order valence-corrected chi connectivity index (χ1v) is 19.6. The zero-order valence-electron chi connectivity index (χ0n) is 30.3. The summed E-state index contributed by atoms with van der Waals surface area (Å²) in [5.74, 6) is -0.682. The van der Waals surface area contributed by atoms with Crippen LogP contribution in [0.3, 0.4) is 0 Å². The Labute approximate surface area is 297 Å². The van der Waals surface area contributed by atoms with E-state index < -0.39 is 31.4 Å². The van der Waals surface area contributed by atoms with Gasteiger partial charge in [0.15, 0.2) is 0 Å². The topological polar surface area (TPSA) is 158 Å². The number of aryl methyl sites for hydroxylation is 2. The molecule has 0 unspecified atom stereocenters. The lowest BCUT2D eigenvalue weighted by atomic mass is 9.82. The van der Waals surface area contributed by atoms with Gasteiger partial charge in [0.1, 0.15) is 11.2 Å². The molecule has 0 spiro atoms. The molecule has 2 aliphatic carbocycles. The van der Waals surface area contributed by atoms with Crippen LogP contribution >= 0.6 is 0 Å². The molecule has 0 amide bonds. The molecule has 2 fully saturated rings. The highest BCUT2D eigenvalue weighted by Crippen LogP contribution is 2.33. The van der Waals surface area contributed by atoms with E-state index in [-0.39, 0.29) is 72.2 Å². The predicted octanol–water partition coefficient (Wildman–Crippen LogP) is 5.67. The van der Waals surface area contributed by atoms with Gasteiger partial charge >= 0.3 is 11.9 Å². The van der Waals surface area contributed by atoms with Crippen LogP contribution in [0.5, 0.6) is 0 Å². The molecular formula is C36H52O12S2. The Kier molecular flexibility index (Phi) is 14.6. The highest BCUT2D eigenvalue weighted by atomic mass is 32.2. The van der Waals surface area contributed by atoms with Crippen molar-refractivity contribution in [1.29, 1.82) is 0 Å². The van der Waals surface area contributed by atoms with Gasteiger partial charge in [0, 0.05) is 0 Å². The quantitative estimate of drug-likeness (QED) is 0.133. The summed E-state index contributed by atoms with van der Waals surface area (Å²) in [6.07, 6.45) is 2.28. The molecule has 0 radical (unpaired) electrons. The lowest BCUT2D eigenvalue weighted by molar-refractivity contribution is -0.170. The Bertz CT molecular complexity index is 1490. The van der Waals surface area contributed by atoms with Crippen molar-refractivity contribution in [2.75, 3.05) is 26.4 Å². The summed E-state index contributed by atoms with van der Waals surface area (Å²) in [7, 11) is -7.52. The standard InChI is InChI=1S/2C18H26O6S/c2*1-13-5-7-16(8-6-13)25(20,21)23-10-9-22-15-11-14(12-15)17(19)24-18(2,3)4/h2*5-8,14-15H,9-12H2,1-4H3. The molecule has 280 valence electrons. The van der Waals surface area contributed by atoms with Gasteiger partial charge in [-0.05, 0) is 105 Å². The van der Waals surface area contributed by atoms with Crippen molar-refractivity contribution in [3.8, 4) is 0 Å². The van der Waals surface area contributed by atoms with Gasteiger partial charge < -0.3 is 18.9 Å². The summed E-state index contributed by atoms with van der Waals surface area (Å²) < 4.78 is 79.7. The van der Waals surface area contributed by atoms with Crippen LogP contribution in [0.4, 0.5) is 0 Å². The predicted molar refractivity (Wildman–Crippen MR) is 185 cm³/mol. The molecule has 4 rings (SSSR count). The van der Waals surface area contributed by atoms with Gasteiger partial charge in [-0.1, -0.05) is 35.4 Å². The molecule has 14 heteroatoms. The smallest absolute Gasteiger partial charge is 0.309 e.